The van der Waals surface area contributed by atoms with Gasteiger partial charge in [-0.2, -0.15) is 0 Å². The smallest absolute Gasteiger partial charge is 0.355 e. The van der Waals surface area contributed by atoms with E-state index in [-0.39, 0.29) is 12.4 Å². The number of aryl methyl sites for hydroxylation is 3. The number of ketones is 1. The monoisotopic (exact) mass is 341 g/mol. The van der Waals surface area contributed by atoms with E-state index in [9.17, 15) is 9.59 Å². The quantitative estimate of drug-likeness (QED) is 0.527. The molecule has 3 rings (SSSR count). The van der Waals surface area contributed by atoms with Crippen molar-refractivity contribution < 1.29 is 18.8 Å². The fourth-order valence-corrected chi connectivity index (χ4v) is 2.81. The Morgan fingerprint density at radius 2 is 2.00 bits per heavy atom. The van der Waals surface area contributed by atoms with Crippen LogP contribution in [0.5, 0.6) is 0 Å². The second-order valence-electron chi connectivity index (χ2n) is 5.92. The minimum Gasteiger partial charge on any atom is -0.453 e. The molecule has 7 heteroatoms. The Kier molecular flexibility index (Phi) is 4.31. The van der Waals surface area contributed by atoms with Crippen molar-refractivity contribution >= 4 is 11.8 Å². The third-order valence-corrected chi connectivity index (χ3v) is 4.06. The molecule has 0 aliphatic rings. The number of rotatable bonds is 5. The van der Waals surface area contributed by atoms with Crippen LogP contribution in [0, 0.1) is 20.8 Å². The molecule has 0 unspecified atom stereocenters. The predicted molar refractivity (Wildman–Crippen MR) is 90.1 cm³/mol. The van der Waals surface area contributed by atoms with Gasteiger partial charge >= 0.3 is 5.97 Å². The van der Waals surface area contributed by atoms with Crippen LogP contribution in [-0.4, -0.2) is 32.7 Å². The van der Waals surface area contributed by atoms with E-state index in [1.807, 2.05) is 18.4 Å². The average Bonchev–Trinajstić information content (AvgIpc) is 3.24. The Balaban J connectivity index is 1.77. The van der Waals surface area contributed by atoms with Crippen LogP contribution < -0.4 is 0 Å². The molecule has 0 bridgehead atoms. The Morgan fingerprint density at radius 3 is 2.60 bits per heavy atom. The highest BCUT2D eigenvalue weighted by Crippen LogP contribution is 2.21. The number of aromatic nitrogens is 3. The summed E-state index contributed by atoms with van der Waals surface area (Å²) in [5.74, 6) is 0.517. The molecule has 0 fully saturated rings. The highest BCUT2D eigenvalue weighted by Gasteiger charge is 2.20. The number of hydrogen-bond acceptors (Lipinski definition) is 5. The van der Waals surface area contributed by atoms with Crippen LogP contribution in [-0.2, 0) is 11.8 Å². The zero-order valence-electron chi connectivity index (χ0n) is 14.6. The molecule has 3 aromatic rings. The number of ether oxygens (including phenoxy) is 1. The summed E-state index contributed by atoms with van der Waals surface area (Å²) in [5.41, 5.74) is 2.47. The van der Waals surface area contributed by atoms with Crippen LogP contribution in [0.3, 0.4) is 0 Å². The molecular weight excluding hydrogens is 322 g/mol. The van der Waals surface area contributed by atoms with Crippen molar-refractivity contribution in [2.45, 2.75) is 20.8 Å². The molecule has 0 aliphatic carbocycles. The van der Waals surface area contributed by atoms with Crippen molar-refractivity contribution in [1.82, 2.24) is 14.3 Å². The number of nitrogens with zero attached hydrogens (tertiary/aromatic N) is 3. The summed E-state index contributed by atoms with van der Waals surface area (Å²) in [7, 11) is 1.74. The molecule has 3 heterocycles. The maximum absolute atomic E-state index is 12.5. The molecule has 0 radical (unpaired) electrons. The summed E-state index contributed by atoms with van der Waals surface area (Å²) >= 11 is 0. The summed E-state index contributed by atoms with van der Waals surface area (Å²) in [6, 6.07) is 6.94. The van der Waals surface area contributed by atoms with Gasteiger partial charge < -0.3 is 13.8 Å². The van der Waals surface area contributed by atoms with Crippen LogP contribution >= 0.6 is 0 Å². The molecular formula is C18H19N3O4. The van der Waals surface area contributed by atoms with Crippen molar-refractivity contribution in [1.29, 1.82) is 0 Å². The first-order valence-corrected chi connectivity index (χ1v) is 7.82. The summed E-state index contributed by atoms with van der Waals surface area (Å²) in [6.45, 7) is 5.19. The molecule has 0 N–H and O–H groups in total. The lowest BCUT2D eigenvalue weighted by Crippen LogP contribution is -2.16. The van der Waals surface area contributed by atoms with Gasteiger partial charge in [0.15, 0.2) is 12.4 Å². The first kappa shape index (κ1) is 16.8. The molecule has 0 aliphatic heterocycles. The molecule has 0 atom stereocenters. The molecule has 0 amide bonds. The van der Waals surface area contributed by atoms with Crippen molar-refractivity contribution in [3.05, 3.63) is 58.9 Å². The molecule has 0 saturated heterocycles. The van der Waals surface area contributed by atoms with Crippen LogP contribution in [0.15, 0.2) is 35.0 Å². The van der Waals surface area contributed by atoms with Gasteiger partial charge in [0.25, 0.3) is 0 Å². The fraction of sp³-hybridized carbons (Fsp3) is 0.278. The largest absolute Gasteiger partial charge is 0.453 e. The van der Waals surface area contributed by atoms with Gasteiger partial charge in [-0.15, -0.1) is 0 Å². The van der Waals surface area contributed by atoms with Crippen molar-refractivity contribution in [2.75, 3.05) is 6.61 Å². The maximum atomic E-state index is 12.5. The van der Waals surface area contributed by atoms with Crippen molar-refractivity contribution in [3.8, 4) is 5.82 Å². The summed E-state index contributed by atoms with van der Waals surface area (Å²) in [5, 5.41) is 3.99. The molecule has 3 aromatic heterocycles. The summed E-state index contributed by atoms with van der Waals surface area (Å²) in [6.07, 6.45) is 1.74. The van der Waals surface area contributed by atoms with Gasteiger partial charge in [-0.05, 0) is 39.0 Å². The number of hydrogen-bond donors (Lipinski definition) is 0. The number of carbonyl (C=O) groups is 2. The van der Waals surface area contributed by atoms with E-state index in [4.69, 9.17) is 9.26 Å². The van der Waals surface area contributed by atoms with Crippen LogP contribution in [0.25, 0.3) is 5.82 Å². The van der Waals surface area contributed by atoms with E-state index in [0.717, 1.165) is 11.4 Å². The second kappa shape index (κ2) is 6.43. The van der Waals surface area contributed by atoms with Crippen molar-refractivity contribution in [2.24, 2.45) is 7.05 Å². The Bertz CT molecular complexity index is 946. The predicted octanol–water partition coefficient (Wildman–Crippen LogP) is 2.77. The van der Waals surface area contributed by atoms with Crippen LogP contribution in [0.4, 0.5) is 0 Å². The van der Waals surface area contributed by atoms with E-state index in [1.54, 1.807) is 49.0 Å². The van der Waals surface area contributed by atoms with Gasteiger partial charge in [-0.1, -0.05) is 5.16 Å². The highest BCUT2D eigenvalue weighted by molar-refractivity contribution is 6.00. The lowest BCUT2D eigenvalue weighted by Gasteiger charge is -2.06. The Morgan fingerprint density at radius 1 is 1.24 bits per heavy atom. The van der Waals surface area contributed by atoms with E-state index in [2.05, 4.69) is 5.16 Å². The number of carbonyl (C=O) groups excluding carboxylic acids is 2. The van der Waals surface area contributed by atoms with E-state index in [0.29, 0.717) is 22.8 Å². The Hall–Kier alpha value is -3.09. The summed E-state index contributed by atoms with van der Waals surface area (Å²) in [4.78, 5) is 24.5. The normalized spacial score (nSPS) is 10.9. The molecule has 0 spiro atoms. The molecule has 130 valence electrons. The Labute approximate surface area is 144 Å². The third kappa shape index (κ3) is 3.13. The lowest BCUT2D eigenvalue weighted by molar-refractivity contribution is 0.0465. The topological polar surface area (TPSA) is 79.3 Å². The number of Topliss-reactive ketones (excluding diaryl/α,β-unsaturated/α-hetero) is 1. The minimum absolute atomic E-state index is 0.262. The lowest BCUT2D eigenvalue weighted by atomic mass is 10.1. The average molecular weight is 341 g/mol. The summed E-state index contributed by atoms with van der Waals surface area (Å²) < 4.78 is 13.7. The maximum Gasteiger partial charge on any atom is 0.355 e. The number of esters is 1. The van der Waals surface area contributed by atoms with E-state index < -0.39 is 5.97 Å². The second-order valence-corrected chi connectivity index (χ2v) is 5.92. The standard InChI is InChI=1S/C18H19N3O4/c1-11-8-14(13(3)21(11)17-9-12(2)25-19-17)16(22)10-24-18(23)15-6-5-7-20(15)4/h5-9H,10H2,1-4H3. The van der Waals surface area contributed by atoms with Gasteiger partial charge in [0.2, 0.25) is 5.78 Å². The first-order valence-electron chi connectivity index (χ1n) is 7.82. The zero-order valence-corrected chi connectivity index (χ0v) is 14.6. The van der Waals surface area contributed by atoms with E-state index >= 15 is 0 Å². The zero-order chi connectivity index (χ0) is 18.1. The van der Waals surface area contributed by atoms with Crippen molar-refractivity contribution in [3.63, 3.8) is 0 Å². The van der Waals surface area contributed by atoms with Gasteiger partial charge in [-0.25, -0.2) is 4.79 Å². The van der Waals surface area contributed by atoms with E-state index in [1.165, 1.54) is 0 Å². The SMILES string of the molecule is Cc1cc(-n2c(C)cc(C(=O)COC(=O)c3cccn3C)c2C)no1. The first-order chi connectivity index (χ1) is 11.9. The van der Waals surface area contributed by atoms with Crippen LogP contribution in [0.2, 0.25) is 0 Å². The van der Waals surface area contributed by atoms with Gasteiger partial charge in [-0.3, -0.25) is 9.36 Å². The van der Waals surface area contributed by atoms with Crippen LogP contribution in [0.1, 0.15) is 38.0 Å². The molecule has 25 heavy (non-hydrogen) atoms. The highest BCUT2D eigenvalue weighted by atomic mass is 16.5. The van der Waals surface area contributed by atoms with Gasteiger partial charge in [0.05, 0.1) is 0 Å². The van der Waals surface area contributed by atoms with Gasteiger partial charge in [0, 0.05) is 36.3 Å². The van der Waals surface area contributed by atoms with Gasteiger partial charge in [0.1, 0.15) is 11.5 Å². The minimum atomic E-state index is -0.526. The molecule has 0 aromatic carbocycles. The molecule has 7 nitrogen and oxygen atoms in total. The molecule has 0 saturated carbocycles. The third-order valence-electron chi connectivity index (χ3n) is 4.06. The fourth-order valence-electron chi connectivity index (χ4n) is 2.81.